The SMILES string of the molecule is Cc1ccc2ccc3c(-c4cccc(-c5nc6ccc(-c7ccccc7)cn6n5)c4)cc(C)nc3c2n1. The van der Waals surface area contributed by atoms with Crippen molar-refractivity contribution in [3.05, 3.63) is 115 Å². The molecule has 0 aliphatic carbocycles. The molecule has 0 aliphatic heterocycles. The van der Waals surface area contributed by atoms with Gasteiger partial charge in [-0.15, -0.1) is 5.10 Å². The molecule has 0 saturated carbocycles. The highest BCUT2D eigenvalue weighted by molar-refractivity contribution is 6.08. The first-order valence-electron chi connectivity index (χ1n) is 12.3. The highest BCUT2D eigenvalue weighted by Gasteiger charge is 2.13. The van der Waals surface area contributed by atoms with Gasteiger partial charge in [0, 0.05) is 39.5 Å². The number of hydrogen-bond donors (Lipinski definition) is 0. The standard InChI is InChI=1S/C32H23N5/c1-20-11-12-23-13-15-27-28(17-21(2)34-31(27)30(23)33-20)24-9-6-10-25(18-24)32-35-29-16-14-26(19-37(29)36-32)22-7-4-3-5-8-22/h3-19H,1-2H3. The molecule has 4 aromatic heterocycles. The van der Waals surface area contributed by atoms with Crippen LogP contribution in [0.5, 0.6) is 0 Å². The molecule has 0 unspecified atom stereocenters. The van der Waals surface area contributed by atoms with Crippen LogP contribution in [0.2, 0.25) is 0 Å². The Labute approximate surface area is 214 Å². The molecule has 5 heteroatoms. The Balaban J connectivity index is 1.35. The fraction of sp³-hybridized carbons (Fsp3) is 0.0625. The number of pyridine rings is 3. The van der Waals surface area contributed by atoms with E-state index in [1.165, 1.54) is 0 Å². The summed E-state index contributed by atoms with van der Waals surface area (Å²) >= 11 is 0. The predicted molar refractivity (Wildman–Crippen MR) is 149 cm³/mol. The van der Waals surface area contributed by atoms with Crippen molar-refractivity contribution in [3.8, 4) is 33.6 Å². The molecule has 3 aromatic carbocycles. The zero-order valence-corrected chi connectivity index (χ0v) is 20.6. The smallest absolute Gasteiger partial charge is 0.182 e. The summed E-state index contributed by atoms with van der Waals surface area (Å²) in [6.07, 6.45) is 2.03. The summed E-state index contributed by atoms with van der Waals surface area (Å²) in [4.78, 5) is 14.5. The summed E-state index contributed by atoms with van der Waals surface area (Å²) < 4.78 is 1.86. The molecule has 0 radical (unpaired) electrons. The minimum atomic E-state index is 0.699. The predicted octanol–water partition coefficient (Wildman–Crippen LogP) is 7.44. The second-order valence-electron chi connectivity index (χ2n) is 9.40. The van der Waals surface area contributed by atoms with Gasteiger partial charge in [-0.2, -0.15) is 0 Å². The maximum Gasteiger partial charge on any atom is 0.182 e. The number of aryl methyl sites for hydroxylation is 2. The first kappa shape index (κ1) is 21.4. The van der Waals surface area contributed by atoms with Gasteiger partial charge in [-0.1, -0.05) is 66.7 Å². The van der Waals surface area contributed by atoms with Gasteiger partial charge < -0.3 is 0 Å². The molecule has 0 amide bonds. The lowest BCUT2D eigenvalue weighted by Gasteiger charge is -2.11. The molecule has 4 heterocycles. The van der Waals surface area contributed by atoms with Crippen molar-refractivity contribution < 1.29 is 0 Å². The van der Waals surface area contributed by atoms with Crippen LogP contribution in [0.15, 0.2) is 103 Å². The van der Waals surface area contributed by atoms with Crippen LogP contribution >= 0.6 is 0 Å². The van der Waals surface area contributed by atoms with E-state index in [0.29, 0.717) is 5.82 Å². The molecular formula is C32H23N5. The Hall–Kier alpha value is -4.90. The van der Waals surface area contributed by atoms with E-state index >= 15 is 0 Å². The van der Waals surface area contributed by atoms with E-state index in [2.05, 4.69) is 66.7 Å². The number of nitrogens with zero attached hydrogens (tertiary/aromatic N) is 5. The molecule has 0 saturated heterocycles. The van der Waals surface area contributed by atoms with Crippen LogP contribution in [0.3, 0.4) is 0 Å². The Morgan fingerprint density at radius 3 is 2.24 bits per heavy atom. The lowest BCUT2D eigenvalue weighted by Crippen LogP contribution is -1.93. The number of aromatic nitrogens is 5. The Kier molecular flexibility index (Phi) is 4.83. The van der Waals surface area contributed by atoms with E-state index in [9.17, 15) is 0 Å². The molecule has 0 atom stereocenters. The molecule has 7 aromatic rings. The second-order valence-corrected chi connectivity index (χ2v) is 9.40. The molecular weight excluding hydrogens is 454 g/mol. The zero-order valence-electron chi connectivity index (χ0n) is 20.6. The molecule has 0 fully saturated rings. The fourth-order valence-corrected chi connectivity index (χ4v) is 4.97. The summed E-state index contributed by atoms with van der Waals surface area (Å²) in [5.41, 5.74) is 10.1. The Morgan fingerprint density at radius 2 is 1.35 bits per heavy atom. The lowest BCUT2D eigenvalue weighted by atomic mass is 9.97. The molecule has 0 N–H and O–H groups in total. The van der Waals surface area contributed by atoms with Crippen LogP contribution in [0, 0.1) is 13.8 Å². The van der Waals surface area contributed by atoms with Crippen molar-refractivity contribution in [2.45, 2.75) is 13.8 Å². The Bertz CT molecular complexity index is 1950. The summed E-state index contributed by atoms with van der Waals surface area (Å²) in [5.74, 6) is 0.699. The van der Waals surface area contributed by atoms with Gasteiger partial charge in [-0.05, 0) is 60.9 Å². The van der Waals surface area contributed by atoms with Crippen molar-refractivity contribution in [2.24, 2.45) is 0 Å². The highest BCUT2D eigenvalue weighted by Crippen LogP contribution is 2.34. The molecule has 0 bridgehead atoms. The third kappa shape index (κ3) is 3.72. The minimum absolute atomic E-state index is 0.699. The lowest BCUT2D eigenvalue weighted by molar-refractivity contribution is 0.967. The van der Waals surface area contributed by atoms with Crippen molar-refractivity contribution in [1.29, 1.82) is 0 Å². The van der Waals surface area contributed by atoms with E-state index in [0.717, 1.165) is 66.7 Å². The number of fused-ring (bicyclic) bond motifs is 4. The van der Waals surface area contributed by atoms with Gasteiger partial charge in [0.25, 0.3) is 0 Å². The van der Waals surface area contributed by atoms with E-state index in [-0.39, 0.29) is 0 Å². The van der Waals surface area contributed by atoms with E-state index < -0.39 is 0 Å². The van der Waals surface area contributed by atoms with Gasteiger partial charge >= 0.3 is 0 Å². The molecule has 7 rings (SSSR count). The summed E-state index contributed by atoms with van der Waals surface area (Å²) in [7, 11) is 0. The first-order valence-corrected chi connectivity index (χ1v) is 12.3. The molecule has 0 spiro atoms. The average Bonchev–Trinajstić information content (AvgIpc) is 3.37. The van der Waals surface area contributed by atoms with Crippen molar-refractivity contribution in [3.63, 3.8) is 0 Å². The maximum atomic E-state index is 4.88. The third-order valence-electron chi connectivity index (χ3n) is 6.78. The summed E-state index contributed by atoms with van der Waals surface area (Å²) in [6.45, 7) is 4.05. The summed E-state index contributed by atoms with van der Waals surface area (Å²) in [6, 6.07) is 33.4. The summed E-state index contributed by atoms with van der Waals surface area (Å²) in [5, 5.41) is 7.00. The minimum Gasteiger partial charge on any atom is -0.251 e. The largest absolute Gasteiger partial charge is 0.251 e. The molecule has 5 nitrogen and oxygen atoms in total. The van der Waals surface area contributed by atoms with E-state index in [1.54, 1.807) is 0 Å². The molecule has 176 valence electrons. The van der Waals surface area contributed by atoms with E-state index in [4.69, 9.17) is 20.1 Å². The van der Waals surface area contributed by atoms with Crippen LogP contribution in [0.25, 0.3) is 61.1 Å². The van der Waals surface area contributed by atoms with Crippen LogP contribution in [0.1, 0.15) is 11.4 Å². The molecule has 0 aliphatic rings. The van der Waals surface area contributed by atoms with Crippen LogP contribution in [-0.4, -0.2) is 24.6 Å². The van der Waals surface area contributed by atoms with Gasteiger partial charge in [-0.3, -0.25) is 9.97 Å². The fourth-order valence-electron chi connectivity index (χ4n) is 4.97. The second kappa shape index (κ2) is 8.35. The third-order valence-corrected chi connectivity index (χ3v) is 6.78. The molecule has 37 heavy (non-hydrogen) atoms. The number of rotatable bonds is 3. The van der Waals surface area contributed by atoms with Crippen molar-refractivity contribution >= 4 is 27.5 Å². The van der Waals surface area contributed by atoms with Crippen LogP contribution < -0.4 is 0 Å². The maximum absolute atomic E-state index is 4.88. The van der Waals surface area contributed by atoms with Gasteiger partial charge in [-0.25, -0.2) is 9.50 Å². The van der Waals surface area contributed by atoms with Crippen molar-refractivity contribution in [1.82, 2.24) is 24.6 Å². The number of benzene rings is 3. The number of hydrogen-bond acceptors (Lipinski definition) is 4. The van der Waals surface area contributed by atoms with Gasteiger partial charge in [0.05, 0.1) is 11.0 Å². The normalized spacial score (nSPS) is 11.5. The quantitative estimate of drug-likeness (QED) is 0.248. The topological polar surface area (TPSA) is 56.0 Å². The van der Waals surface area contributed by atoms with Crippen molar-refractivity contribution in [2.75, 3.05) is 0 Å². The van der Waals surface area contributed by atoms with Gasteiger partial charge in [0.1, 0.15) is 0 Å². The van der Waals surface area contributed by atoms with Gasteiger partial charge in [0.2, 0.25) is 0 Å². The van der Waals surface area contributed by atoms with Crippen LogP contribution in [-0.2, 0) is 0 Å². The van der Waals surface area contributed by atoms with Crippen LogP contribution in [0.4, 0.5) is 0 Å². The first-order chi connectivity index (χ1) is 18.1. The average molecular weight is 478 g/mol. The van der Waals surface area contributed by atoms with Gasteiger partial charge in [0.15, 0.2) is 11.5 Å². The highest BCUT2D eigenvalue weighted by atomic mass is 15.3. The van der Waals surface area contributed by atoms with E-state index in [1.807, 2.05) is 54.9 Å². The Morgan fingerprint density at radius 1 is 0.568 bits per heavy atom. The monoisotopic (exact) mass is 477 g/mol. The zero-order chi connectivity index (χ0) is 24.9.